The van der Waals surface area contributed by atoms with Crippen molar-refractivity contribution in [3.05, 3.63) is 68.0 Å². The Morgan fingerprint density at radius 2 is 1.84 bits per heavy atom. The van der Waals surface area contributed by atoms with E-state index in [1.54, 1.807) is 18.2 Å². The number of imide groups is 1. The van der Waals surface area contributed by atoms with E-state index < -0.39 is 0 Å². The summed E-state index contributed by atoms with van der Waals surface area (Å²) in [5, 5.41) is 0.901. The van der Waals surface area contributed by atoms with Crippen molar-refractivity contribution in [1.82, 2.24) is 4.90 Å². The van der Waals surface area contributed by atoms with Gasteiger partial charge in [0.15, 0.2) is 0 Å². The summed E-state index contributed by atoms with van der Waals surface area (Å²) in [5.41, 5.74) is 3.97. The van der Waals surface area contributed by atoms with Crippen LogP contribution in [0.2, 0.25) is 10.0 Å². The molecule has 0 radical (unpaired) electrons. The molecule has 162 valence electrons. The Morgan fingerprint density at radius 1 is 1.16 bits per heavy atom. The van der Waals surface area contributed by atoms with Crippen LogP contribution >= 0.6 is 35.0 Å². The highest BCUT2D eigenvalue weighted by atomic mass is 35.5. The molecule has 31 heavy (non-hydrogen) atoms. The van der Waals surface area contributed by atoms with Crippen molar-refractivity contribution in [2.24, 2.45) is 0 Å². The molecule has 0 saturated carbocycles. The highest BCUT2D eigenvalue weighted by Gasteiger charge is 2.37. The molecular formula is C24H24Cl2N2O2S. The molecule has 0 spiro atoms. The zero-order chi connectivity index (χ0) is 22.5. The monoisotopic (exact) mass is 474 g/mol. The number of halogens is 2. The molecule has 2 amide bonds. The first kappa shape index (κ1) is 22.3. The number of nitrogens with zero attached hydrogens (tertiary/aromatic N) is 2. The molecule has 2 aliphatic rings. The van der Waals surface area contributed by atoms with Crippen molar-refractivity contribution >= 4 is 57.9 Å². The van der Waals surface area contributed by atoms with Gasteiger partial charge in [-0.2, -0.15) is 0 Å². The summed E-state index contributed by atoms with van der Waals surface area (Å²) < 4.78 is 0. The molecule has 1 saturated heterocycles. The fourth-order valence-electron chi connectivity index (χ4n) is 4.27. The lowest BCUT2D eigenvalue weighted by Crippen LogP contribution is -2.45. The number of anilines is 1. The Balaban J connectivity index is 1.63. The maximum atomic E-state index is 12.9. The molecule has 0 aromatic heterocycles. The molecule has 2 aliphatic heterocycles. The third-order valence-corrected chi connectivity index (χ3v) is 7.65. The van der Waals surface area contributed by atoms with E-state index in [0.29, 0.717) is 20.9 Å². The number of carbonyl (C=O) groups excluding carboxylic acids is 2. The normalized spacial score (nSPS) is 21.7. The van der Waals surface area contributed by atoms with Gasteiger partial charge in [-0.05, 0) is 85.0 Å². The fraction of sp³-hybridized carbons (Fsp3) is 0.333. The first-order chi connectivity index (χ1) is 14.6. The van der Waals surface area contributed by atoms with Crippen LogP contribution < -0.4 is 4.90 Å². The molecular weight excluding hydrogens is 451 g/mol. The van der Waals surface area contributed by atoms with E-state index in [1.165, 1.54) is 10.5 Å². The second-order valence-electron chi connectivity index (χ2n) is 8.80. The minimum absolute atomic E-state index is 0.0432. The number of benzene rings is 2. The average molecular weight is 475 g/mol. The molecule has 1 atom stereocenters. The van der Waals surface area contributed by atoms with Gasteiger partial charge in [0, 0.05) is 28.3 Å². The van der Waals surface area contributed by atoms with E-state index in [4.69, 9.17) is 23.2 Å². The largest absolute Gasteiger partial charge is 0.369 e. The van der Waals surface area contributed by atoms with Gasteiger partial charge in [-0.3, -0.25) is 14.5 Å². The summed E-state index contributed by atoms with van der Waals surface area (Å²) in [6, 6.07) is 11.2. The molecule has 0 unspecified atom stereocenters. The SMILES string of the molecule is C[C@H]1CC(C)(C)N(C)c2cc(Cl)c(/C=C3\SC(=O)N(Cc4ccc(Cl)cc4)C3=O)cc21. The van der Waals surface area contributed by atoms with Gasteiger partial charge in [0.25, 0.3) is 11.1 Å². The highest BCUT2D eigenvalue weighted by molar-refractivity contribution is 8.18. The third kappa shape index (κ3) is 4.23. The van der Waals surface area contributed by atoms with Gasteiger partial charge in [-0.15, -0.1) is 0 Å². The van der Waals surface area contributed by atoms with Crippen molar-refractivity contribution < 1.29 is 9.59 Å². The highest BCUT2D eigenvalue weighted by Crippen LogP contribution is 2.45. The second-order valence-corrected chi connectivity index (χ2v) is 10.6. The number of rotatable bonds is 3. The Kier molecular flexibility index (Phi) is 5.88. The van der Waals surface area contributed by atoms with Gasteiger partial charge >= 0.3 is 0 Å². The van der Waals surface area contributed by atoms with Gasteiger partial charge in [-0.1, -0.05) is 42.3 Å². The lowest BCUT2D eigenvalue weighted by atomic mass is 9.80. The fourth-order valence-corrected chi connectivity index (χ4v) is 5.43. The number of thioether (sulfide) groups is 1. The summed E-state index contributed by atoms with van der Waals surface area (Å²) in [6.07, 6.45) is 2.76. The van der Waals surface area contributed by atoms with Crippen LogP contribution in [0.3, 0.4) is 0 Å². The van der Waals surface area contributed by atoms with Crippen LogP contribution in [0.4, 0.5) is 10.5 Å². The van der Waals surface area contributed by atoms with E-state index in [9.17, 15) is 9.59 Å². The molecule has 2 aromatic rings. The van der Waals surface area contributed by atoms with Crippen molar-refractivity contribution in [1.29, 1.82) is 0 Å². The first-order valence-electron chi connectivity index (χ1n) is 10.1. The van der Waals surface area contributed by atoms with Gasteiger partial charge in [0.1, 0.15) is 0 Å². The maximum absolute atomic E-state index is 12.9. The van der Waals surface area contributed by atoms with Crippen molar-refractivity contribution in [3.8, 4) is 0 Å². The average Bonchev–Trinajstić information content (AvgIpc) is 2.96. The van der Waals surface area contributed by atoms with Crippen molar-refractivity contribution in [2.75, 3.05) is 11.9 Å². The van der Waals surface area contributed by atoms with Gasteiger partial charge < -0.3 is 4.90 Å². The lowest BCUT2D eigenvalue weighted by molar-refractivity contribution is -0.123. The predicted molar refractivity (Wildman–Crippen MR) is 130 cm³/mol. The molecule has 0 aliphatic carbocycles. The van der Waals surface area contributed by atoms with E-state index in [1.807, 2.05) is 18.2 Å². The minimum atomic E-state index is -0.301. The summed E-state index contributed by atoms with van der Waals surface area (Å²) in [7, 11) is 2.09. The number of fused-ring (bicyclic) bond motifs is 1. The van der Waals surface area contributed by atoms with Crippen LogP contribution in [0.5, 0.6) is 0 Å². The van der Waals surface area contributed by atoms with E-state index in [0.717, 1.165) is 35.0 Å². The van der Waals surface area contributed by atoms with Crippen LogP contribution in [0.1, 0.15) is 49.8 Å². The molecule has 1 fully saturated rings. The summed E-state index contributed by atoms with van der Waals surface area (Å²) in [6.45, 7) is 6.88. The molecule has 2 heterocycles. The number of amides is 2. The molecule has 4 nitrogen and oxygen atoms in total. The number of hydrogen-bond donors (Lipinski definition) is 0. The molecule has 7 heteroatoms. The molecule has 4 rings (SSSR count). The first-order valence-corrected chi connectivity index (χ1v) is 11.7. The quantitative estimate of drug-likeness (QED) is 0.451. The van der Waals surface area contributed by atoms with Gasteiger partial charge in [-0.25, -0.2) is 0 Å². The molecule has 2 aromatic carbocycles. The zero-order valence-corrected chi connectivity index (χ0v) is 20.2. The lowest BCUT2D eigenvalue weighted by Gasteiger charge is -2.45. The zero-order valence-electron chi connectivity index (χ0n) is 17.9. The van der Waals surface area contributed by atoms with E-state index >= 15 is 0 Å². The van der Waals surface area contributed by atoms with Crippen LogP contribution in [-0.2, 0) is 11.3 Å². The number of carbonyl (C=O) groups is 2. The van der Waals surface area contributed by atoms with Gasteiger partial charge in [0.05, 0.1) is 11.4 Å². The Bertz CT molecular complexity index is 1100. The molecule has 0 bridgehead atoms. The Hall–Kier alpha value is -1.95. The minimum Gasteiger partial charge on any atom is -0.369 e. The van der Waals surface area contributed by atoms with Gasteiger partial charge in [0.2, 0.25) is 0 Å². The van der Waals surface area contributed by atoms with E-state index in [2.05, 4.69) is 38.8 Å². The Morgan fingerprint density at radius 3 is 2.52 bits per heavy atom. The smallest absolute Gasteiger partial charge is 0.293 e. The molecule has 0 N–H and O–H groups in total. The number of hydrogen-bond acceptors (Lipinski definition) is 4. The summed E-state index contributed by atoms with van der Waals surface area (Å²) in [4.78, 5) is 29.3. The van der Waals surface area contributed by atoms with Crippen molar-refractivity contribution in [3.63, 3.8) is 0 Å². The third-order valence-electron chi connectivity index (χ3n) is 6.17. The maximum Gasteiger partial charge on any atom is 0.293 e. The van der Waals surface area contributed by atoms with Crippen LogP contribution in [0, 0.1) is 0 Å². The summed E-state index contributed by atoms with van der Waals surface area (Å²) >= 11 is 13.5. The Labute approximate surface area is 197 Å². The van der Waals surface area contributed by atoms with Crippen molar-refractivity contribution in [2.45, 2.75) is 45.2 Å². The van der Waals surface area contributed by atoms with Crippen LogP contribution in [0.15, 0.2) is 41.3 Å². The predicted octanol–water partition coefficient (Wildman–Crippen LogP) is 6.95. The van der Waals surface area contributed by atoms with E-state index in [-0.39, 0.29) is 23.2 Å². The summed E-state index contributed by atoms with van der Waals surface area (Å²) in [5.74, 6) is 0.0654. The standard InChI is InChI=1S/C24H24Cl2N2O2S/c1-14-12-24(2,3)27(4)20-11-19(26)16(9-18(14)20)10-21-22(29)28(23(30)31-21)13-15-5-7-17(25)8-6-15/h5-11,14H,12-13H2,1-4H3/b21-10-/t14-/m0/s1. The topological polar surface area (TPSA) is 40.6 Å². The second kappa shape index (κ2) is 8.19. The van der Waals surface area contributed by atoms with Crippen LogP contribution in [0.25, 0.3) is 6.08 Å². The van der Waals surface area contributed by atoms with Crippen LogP contribution in [-0.4, -0.2) is 28.6 Å².